The molecule has 2 aromatic carbocycles. The normalized spacial score (nSPS) is 11.0. The van der Waals surface area contributed by atoms with Crippen molar-refractivity contribution < 1.29 is 22.9 Å². The Bertz CT molecular complexity index is 862. The molecule has 0 saturated carbocycles. The second-order valence-corrected chi connectivity index (χ2v) is 6.63. The van der Waals surface area contributed by atoms with Crippen molar-refractivity contribution in [3.8, 4) is 5.75 Å². The van der Waals surface area contributed by atoms with Crippen LogP contribution >= 0.6 is 0 Å². The Kier molecular flexibility index (Phi) is 5.27. The maximum atomic E-state index is 12.1. The lowest BCUT2D eigenvalue weighted by Gasteiger charge is -2.07. The molecule has 0 unspecified atom stereocenters. The van der Waals surface area contributed by atoms with E-state index in [9.17, 15) is 23.3 Å². The summed E-state index contributed by atoms with van der Waals surface area (Å²) in [5.41, 5.74) is 0.626. The predicted octanol–water partition coefficient (Wildman–Crippen LogP) is 1.79. The van der Waals surface area contributed by atoms with Crippen molar-refractivity contribution in [1.29, 1.82) is 0 Å². The number of aryl methyl sites for hydroxylation is 1. The summed E-state index contributed by atoms with van der Waals surface area (Å²) >= 11 is 0. The number of ether oxygens (including phenoxy) is 1. The number of rotatable bonds is 6. The summed E-state index contributed by atoms with van der Waals surface area (Å²) < 4.78 is 31.2. The van der Waals surface area contributed by atoms with Gasteiger partial charge in [-0.15, -0.1) is 0 Å². The average molecular weight is 350 g/mol. The van der Waals surface area contributed by atoms with Gasteiger partial charge >= 0.3 is 5.97 Å². The van der Waals surface area contributed by atoms with Gasteiger partial charge in [-0.05, 0) is 25.1 Å². The van der Waals surface area contributed by atoms with Crippen LogP contribution in [0.5, 0.6) is 5.75 Å². The van der Waals surface area contributed by atoms with Crippen LogP contribution in [0.2, 0.25) is 0 Å². The molecule has 9 heteroatoms. The van der Waals surface area contributed by atoms with Crippen molar-refractivity contribution >= 4 is 21.7 Å². The third-order valence-electron chi connectivity index (χ3n) is 3.00. The summed E-state index contributed by atoms with van der Waals surface area (Å²) in [6.07, 6.45) is 0. The monoisotopic (exact) mass is 350 g/mol. The Hall–Kier alpha value is -2.78. The van der Waals surface area contributed by atoms with Crippen LogP contribution in [0.4, 0.5) is 5.69 Å². The van der Waals surface area contributed by atoms with E-state index in [1.54, 1.807) is 24.3 Å². The molecule has 0 saturated heterocycles. The fraction of sp³-hybridized carbons (Fsp3) is 0.133. The van der Waals surface area contributed by atoms with Gasteiger partial charge in [0, 0.05) is 12.1 Å². The van der Waals surface area contributed by atoms with E-state index in [1.807, 2.05) is 11.6 Å². The van der Waals surface area contributed by atoms with Crippen LogP contribution < -0.4 is 9.46 Å². The van der Waals surface area contributed by atoms with Crippen molar-refractivity contribution in [2.75, 3.05) is 6.54 Å². The van der Waals surface area contributed by atoms with E-state index in [1.165, 1.54) is 18.2 Å². The summed E-state index contributed by atoms with van der Waals surface area (Å²) in [5.74, 6) is -0.506. The number of benzene rings is 2. The van der Waals surface area contributed by atoms with Gasteiger partial charge in [0.15, 0.2) is 0 Å². The third-order valence-corrected chi connectivity index (χ3v) is 4.40. The lowest BCUT2D eigenvalue weighted by atomic mass is 10.2. The Labute approximate surface area is 138 Å². The van der Waals surface area contributed by atoms with Gasteiger partial charge in [0.05, 0.1) is 9.82 Å². The molecule has 0 spiro atoms. The Morgan fingerprint density at radius 3 is 2.50 bits per heavy atom. The van der Waals surface area contributed by atoms with Crippen LogP contribution in [0, 0.1) is 17.0 Å². The van der Waals surface area contributed by atoms with Crippen molar-refractivity contribution in [2.45, 2.75) is 11.8 Å². The van der Waals surface area contributed by atoms with Gasteiger partial charge in [0.2, 0.25) is 10.0 Å². The van der Waals surface area contributed by atoms with Crippen molar-refractivity contribution in [3.05, 3.63) is 64.2 Å². The minimum Gasteiger partial charge on any atom is -0.426 e. The lowest BCUT2D eigenvalue weighted by Crippen LogP contribution is -2.32. The number of nitro groups is 1. The van der Waals surface area contributed by atoms with Crippen LogP contribution in [0.25, 0.3) is 0 Å². The summed E-state index contributed by atoms with van der Waals surface area (Å²) in [7, 11) is -4.07. The molecule has 0 amide bonds. The van der Waals surface area contributed by atoms with Gasteiger partial charge in [-0.25, -0.2) is 8.42 Å². The number of carbonyl (C=O) groups is 1. The summed E-state index contributed by atoms with van der Waals surface area (Å²) in [5, 5.41) is 10.7. The highest BCUT2D eigenvalue weighted by molar-refractivity contribution is 7.89. The first-order chi connectivity index (χ1) is 11.3. The number of esters is 1. The largest absolute Gasteiger partial charge is 0.426 e. The molecule has 8 nitrogen and oxygen atoms in total. The van der Waals surface area contributed by atoms with Crippen LogP contribution in [0.15, 0.2) is 53.4 Å². The zero-order valence-corrected chi connectivity index (χ0v) is 13.4. The quantitative estimate of drug-likeness (QED) is 0.367. The molecule has 0 aliphatic heterocycles. The smallest absolute Gasteiger partial charge is 0.326 e. The van der Waals surface area contributed by atoms with Gasteiger partial charge in [0.25, 0.3) is 5.69 Å². The van der Waals surface area contributed by atoms with Gasteiger partial charge in [-0.1, -0.05) is 23.8 Å². The maximum absolute atomic E-state index is 12.1. The summed E-state index contributed by atoms with van der Waals surface area (Å²) in [6, 6.07) is 11.2. The van der Waals surface area contributed by atoms with Crippen molar-refractivity contribution in [2.24, 2.45) is 0 Å². The molecule has 0 radical (unpaired) electrons. The van der Waals surface area contributed by atoms with Gasteiger partial charge < -0.3 is 4.74 Å². The molecule has 2 aromatic rings. The highest BCUT2D eigenvalue weighted by Crippen LogP contribution is 2.17. The molecule has 0 bridgehead atoms. The Morgan fingerprint density at radius 2 is 1.88 bits per heavy atom. The van der Waals surface area contributed by atoms with E-state index in [0.29, 0.717) is 5.75 Å². The molecule has 126 valence electrons. The van der Waals surface area contributed by atoms with Gasteiger partial charge in [-0.2, -0.15) is 4.72 Å². The molecule has 0 fully saturated rings. The number of nitrogens with zero attached hydrogens (tertiary/aromatic N) is 1. The molecule has 0 heterocycles. The van der Waals surface area contributed by atoms with E-state index < -0.39 is 27.5 Å². The number of nitro benzene ring substituents is 1. The van der Waals surface area contributed by atoms with E-state index in [2.05, 4.69) is 0 Å². The fourth-order valence-corrected chi connectivity index (χ4v) is 2.78. The molecular weight excluding hydrogens is 336 g/mol. The van der Waals surface area contributed by atoms with Crippen molar-refractivity contribution in [3.63, 3.8) is 0 Å². The molecule has 1 N–H and O–H groups in total. The topological polar surface area (TPSA) is 116 Å². The lowest BCUT2D eigenvalue weighted by molar-refractivity contribution is -0.385. The molecule has 24 heavy (non-hydrogen) atoms. The first kappa shape index (κ1) is 17.6. The second kappa shape index (κ2) is 7.20. The first-order valence-corrected chi connectivity index (χ1v) is 8.28. The first-order valence-electron chi connectivity index (χ1n) is 6.79. The standard InChI is InChI=1S/C15H14N2O6S/c1-11-5-7-13(8-6-11)23-15(18)10-16-24(21,22)14-4-2-3-12(9-14)17(19)20/h2-9,16H,10H2,1H3. The summed E-state index contributed by atoms with van der Waals surface area (Å²) in [6.45, 7) is 1.28. The zero-order chi connectivity index (χ0) is 17.7. The number of carbonyl (C=O) groups excluding carboxylic acids is 1. The van der Waals surface area contributed by atoms with Crippen molar-refractivity contribution in [1.82, 2.24) is 4.72 Å². The van der Waals surface area contributed by atoms with E-state index in [4.69, 9.17) is 4.74 Å². The van der Waals surface area contributed by atoms with Crippen LogP contribution in [0.1, 0.15) is 5.56 Å². The average Bonchev–Trinajstić information content (AvgIpc) is 2.55. The Morgan fingerprint density at radius 1 is 1.21 bits per heavy atom. The van der Waals surface area contributed by atoms with Gasteiger partial charge in [0.1, 0.15) is 12.3 Å². The number of sulfonamides is 1. The highest BCUT2D eigenvalue weighted by Gasteiger charge is 2.19. The summed E-state index contributed by atoms with van der Waals surface area (Å²) in [4.78, 5) is 21.4. The predicted molar refractivity (Wildman–Crippen MR) is 85.1 cm³/mol. The van der Waals surface area contributed by atoms with Crippen LogP contribution in [0.3, 0.4) is 0 Å². The number of nitrogens with one attached hydrogen (secondary N) is 1. The third kappa shape index (κ3) is 4.61. The number of non-ortho nitro benzene ring substituents is 1. The minimum absolute atomic E-state index is 0.292. The maximum Gasteiger partial charge on any atom is 0.326 e. The number of hydrogen-bond acceptors (Lipinski definition) is 6. The van der Waals surface area contributed by atoms with E-state index in [0.717, 1.165) is 11.6 Å². The van der Waals surface area contributed by atoms with Gasteiger partial charge in [-0.3, -0.25) is 14.9 Å². The molecule has 0 aliphatic carbocycles. The fourth-order valence-electron chi connectivity index (χ4n) is 1.78. The molecule has 0 atom stereocenters. The van der Waals surface area contributed by atoms with E-state index >= 15 is 0 Å². The van der Waals surface area contributed by atoms with Crippen LogP contribution in [-0.4, -0.2) is 25.9 Å². The molecule has 0 aromatic heterocycles. The Balaban J connectivity index is 2.01. The highest BCUT2D eigenvalue weighted by atomic mass is 32.2. The minimum atomic E-state index is -4.07. The molecule has 2 rings (SSSR count). The van der Waals surface area contributed by atoms with E-state index in [-0.39, 0.29) is 10.6 Å². The second-order valence-electron chi connectivity index (χ2n) is 4.87. The molecular formula is C15H14N2O6S. The number of hydrogen-bond donors (Lipinski definition) is 1. The van der Waals surface area contributed by atoms with Crippen LogP contribution in [-0.2, 0) is 14.8 Å². The SMILES string of the molecule is Cc1ccc(OC(=O)CNS(=O)(=O)c2cccc([N+](=O)[O-])c2)cc1. The zero-order valence-electron chi connectivity index (χ0n) is 12.6. The molecule has 0 aliphatic rings.